The average Bonchev–Trinajstić information content (AvgIpc) is 3.86. The number of hydrogen-bond acceptors (Lipinski definition) is 2. The molecule has 0 fully saturated rings. The molecule has 0 saturated heterocycles. The average molecular weight is 753 g/mol. The minimum Gasteiger partial charge on any atom is -0.455 e. The van der Waals surface area contributed by atoms with Crippen LogP contribution in [0.1, 0.15) is 0 Å². The summed E-state index contributed by atoms with van der Waals surface area (Å²) < 4.78 is 8.96. The van der Waals surface area contributed by atoms with Crippen LogP contribution in [0.3, 0.4) is 0 Å². The predicted molar refractivity (Wildman–Crippen MR) is 249 cm³/mol. The van der Waals surface area contributed by atoms with E-state index < -0.39 is 0 Å². The largest absolute Gasteiger partial charge is 0.455 e. The van der Waals surface area contributed by atoms with Crippen molar-refractivity contribution in [2.24, 2.45) is 0 Å². The van der Waals surface area contributed by atoms with Crippen LogP contribution in [0, 0.1) is 0 Å². The van der Waals surface area contributed by atoms with Crippen LogP contribution in [0.15, 0.2) is 223 Å². The van der Waals surface area contributed by atoms with Crippen molar-refractivity contribution in [3.63, 3.8) is 0 Å². The van der Waals surface area contributed by atoms with Gasteiger partial charge in [0.25, 0.3) is 0 Å². The smallest absolute Gasteiger partial charge is 0.143 e. The molecule has 2 heterocycles. The Balaban J connectivity index is 1.04. The second-order valence-electron chi connectivity index (χ2n) is 15.3. The van der Waals surface area contributed by atoms with Gasteiger partial charge in [-0.1, -0.05) is 152 Å². The molecule has 0 aliphatic heterocycles. The number of aromatic nitrogens is 1. The molecule has 0 atom stereocenters. The Morgan fingerprint density at radius 1 is 0.356 bits per heavy atom. The van der Waals surface area contributed by atoms with Crippen LogP contribution >= 0.6 is 0 Å². The van der Waals surface area contributed by atoms with Crippen molar-refractivity contribution in [1.82, 2.24) is 4.57 Å². The molecule has 0 spiro atoms. The van der Waals surface area contributed by atoms with Crippen LogP contribution in [-0.4, -0.2) is 4.57 Å². The molecule has 10 aromatic carbocycles. The standard InChI is InChI=1S/C56H36N2O/c1-2-13-38(14-3-1)44-21-10-15-39-27-28-40(35-51(39)44)37-29-31-41(32-30-37)57(52-25-12-22-49-47(52)33-34-50-48-20-6-9-26-55(48)59-56(49)50)42-16-11-17-43(36-42)58-53-23-7-4-18-45(53)46-19-5-8-24-54(46)58/h1-36H. The van der Waals surface area contributed by atoms with Crippen molar-refractivity contribution in [2.75, 3.05) is 4.90 Å². The van der Waals surface area contributed by atoms with E-state index in [-0.39, 0.29) is 0 Å². The number of anilines is 3. The summed E-state index contributed by atoms with van der Waals surface area (Å²) in [7, 11) is 0. The topological polar surface area (TPSA) is 21.3 Å². The zero-order valence-electron chi connectivity index (χ0n) is 32.1. The fourth-order valence-electron chi connectivity index (χ4n) is 9.24. The van der Waals surface area contributed by atoms with E-state index in [1.165, 1.54) is 54.8 Å². The van der Waals surface area contributed by atoms with Crippen LogP contribution in [0.5, 0.6) is 0 Å². The van der Waals surface area contributed by atoms with E-state index in [9.17, 15) is 0 Å². The Labute approximate surface area is 341 Å². The van der Waals surface area contributed by atoms with Crippen molar-refractivity contribution in [3.05, 3.63) is 218 Å². The highest BCUT2D eigenvalue weighted by molar-refractivity contribution is 6.18. The lowest BCUT2D eigenvalue weighted by Crippen LogP contribution is -2.11. The van der Waals surface area contributed by atoms with Gasteiger partial charge in [-0.2, -0.15) is 0 Å². The van der Waals surface area contributed by atoms with Gasteiger partial charge in [-0.25, -0.2) is 0 Å². The van der Waals surface area contributed by atoms with E-state index in [0.717, 1.165) is 55.5 Å². The van der Waals surface area contributed by atoms with Crippen molar-refractivity contribution in [1.29, 1.82) is 0 Å². The van der Waals surface area contributed by atoms with E-state index in [0.29, 0.717) is 0 Å². The molecule has 0 bridgehead atoms. The highest BCUT2D eigenvalue weighted by atomic mass is 16.3. The zero-order valence-corrected chi connectivity index (χ0v) is 32.1. The summed E-state index contributed by atoms with van der Waals surface area (Å²) in [5.41, 5.74) is 13.3. The maximum atomic E-state index is 6.57. The molecule has 0 unspecified atom stereocenters. The zero-order chi connectivity index (χ0) is 38.9. The predicted octanol–water partition coefficient (Wildman–Crippen LogP) is 15.8. The van der Waals surface area contributed by atoms with Crippen LogP contribution in [-0.2, 0) is 0 Å². The lowest BCUT2D eigenvalue weighted by atomic mass is 9.95. The molecule has 3 nitrogen and oxygen atoms in total. The van der Waals surface area contributed by atoms with Gasteiger partial charge in [-0.05, 0) is 99.8 Å². The van der Waals surface area contributed by atoms with E-state index in [4.69, 9.17) is 4.42 Å². The van der Waals surface area contributed by atoms with Gasteiger partial charge in [0.1, 0.15) is 11.2 Å². The van der Waals surface area contributed by atoms with Crippen molar-refractivity contribution >= 4 is 82.4 Å². The van der Waals surface area contributed by atoms with E-state index >= 15 is 0 Å². The summed E-state index contributed by atoms with van der Waals surface area (Å²) in [6.45, 7) is 0. The molecule has 12 rings (SSSR count). The lowest BCUT2D eigenvalue weighted by Gasteiger charge is -2.27. The SMILES string of the molecule is c1ccc(-c2cccc3ccc(-c4ccc(N(c5cccc(-n6c7ccccc7c7ccccc76)c5)c5cccc6c5ccc5c7ccccc7oc65)cc4)cc23)cc1. The summed E-state index contributed by atoms with van der Waals surface area (Å²) in [6.07, 6.45) is 0. The second-order valence-corrected chi connectivity index (χ2v) is 15.3. The molecular formula is C56H36N2O. The minimum atomic E-state index is 0.899. The summed E-state index contributed by atoms with van der Waals surface area (Å²) >= 11 is 0. The number of benzene rings is 10. The maximum absolute atomic E-state index is 6.57. The third kappa shape index (κ3) is 5.36. The van der Waals surface area contributed by atoms with E-state index in [1.807, 2.05) is 6.07 Å². The van der Waals surface area contributed by atoms with Gasteiger partial charge in [0.2, 0.25) is 0 Å². The van der Waals surface area contributed by atoms with Crippen molar-refractivity contribution < 1.29 is 4.42 Å². The first-order valence-corrected chi connectivity index (χ1v) is 20.2. The number of fused-ring (bicyclic) bond motifs is 9. The molecule has 0 N–H and O–H groups in total. The summed E-state index contributed by atoms with van der Waals surface area (Å²) in [5.74, 6) is 0. The molecule has 3 heteroatoms. The second kappa shape index (κ2) is 13.4. The first kappa shape index (κ1) is 33.3. The minimum absolute atomic E-state index is 0.899. The fraction of sp³-hybridized carbons (Fsp3) is 0. The van der Waals surface area contributed by atoms with Gasteiger partial charge in [0.15, 0.2) is 0 Å². The number of furan rings is 1. The van der Waals surface area contributed by atoms with Gasteiger partial charge in [-0.3, -0.25) is 0 Å². The van der Waals surface area contributed by atoms with Gasteiger partial charge >= 0.3 is 0 Å². The van der Waals surface area contributed by atoms with Gasteiger partial charge in [0.05, 0.1) is 16.7 Å². The molecule has 0 aliphatic carbocycles. The number of para-hydroxylation sites is 3. The first-order chi connectivity index (χ1) is 29.3. The molecule has 0 radical (unpaired) electrons. The third-order valence-corrected chi connectivity index (χ3v) is 12.0. The van der Waals surface area contributed by atoms with Gasteiger partial charge in [0, 0.05) is 49.4 Å². The molecule has 2 aromatic heterocycles. The fourth-order valence-corrected chi connectivity index (χ4v) is 9.24. The van der Waals surface area contributed by atoms with Crippen LogP contribution in [0.2, 0.25) is 0 Å². The highest BCUT2D eigenvalue weighted by Crippen LogP contribution is 2.44. The van der Waals surface area contributed by atoms with Gasteiger partial charge < -0.3 is 13.9 Å². The summed E-state index contributed by atoms with van der Waals surface area (Å²) in [4.78, 5) is 2.39. The Bertz CT molecular complexity index is 3500. The molecule has 0 amide bonds. The lowest BCUT2D eigenvalue weighted by molar-refractivity contribution is 0.672. The van der Waals surface area contributed by atoms with Crippen LogP contribution < -0.4 is 4.90 Å². The third-order valence-electron chi connectivity index (χ3n) is 12.0. The Hall–Kier alpha value is -7.88. The normalized spacial score (nSPS) is 11.7. The first-order valence-electron chi connectivity index (χ1n) is 20.2. The summed E-state index contributed by atoms with van der Waals surface area (Å²) in [6, 6.07) is 78.7. The molecule has 0 saturated carbocycles. The Kier molecular flexibility index (Phi) is 7.54. The highest BCUT2D eigenvalue weighted by Gasteiger charge is 2.20. The Morgan fingerprint density at radius 2 is 1.00 bits per heavy atom. The van der Waals surface area contributed by atoms with Gasteiger partial charge in [-0.15, -0.1) is 0 Å². The maximum Gasteiger partial charge on any atom is 0.143 e. The molecule has 12 aromatic rings. The summed E-state index contributed by atoms with van der Waals surface area (Å²) in [5, 5.41) is 9.43. The quantitative estimate of drug-likeness (QED) is 0.169. The van der Waals surface area contributed by atoms with Crippen molar-refractivity contribution in [3.8, 4) is 27.9 Å². The van der Waals surface area contributed by atoms with E-state index in [2.05, 4.69) is 222 Å². The Morgan fingerprint density at radius 3 is 1.81 bits per heavy atom. The molecule has 59 heavy (non-hydrogen) atoms. The van der Waals surface area contributed by atoms with E-state index in [1.54, 1.807) is 0 Å². The van der Waals surface area contributed by atoms with Crippen LogP contribution in [0.4, 0.5) is 17.1 Å². The number of nitrogens with zero attached hydrogens (tertiary/aromatic N) is 2. The number of hydrogen-bond donors (Lipinski definition) is 0. The number of rotatable bonds is 6. The van der Waals surface area contributed by atoms with Crippen molar-refractivity contribution in [2.45, 2.75) is 0 Å². The molecule has 0 aliphatic rings. The molecule has 276 valence electrons. The monoisotopic (exact) mass is 752 g/mol. The van der Waals surface area contributed by atoms with Crippen LogP contribution in [0.25, 0.3) is 93.2 Å². The molecular weight excluding hydrogens is 717 g/mol.